The number of sulfone groups is 1. The second kappa shape index (κ2) is 8.14. The van der Waals surface area contributed by atoms with Crippen LogP contribution in [0.4, 0.5) is 0 Å². The van der Waals surface area contributed by atoms with E-state index in [9.17, 15) is 16.8 Å². The van der Waals surface area contributed by atoms with Gasteiger partial charge in [0.05, 0.1) is 16.1 Å². The zero-order valence-corrected chi connectivity index (χ0v) is 18.0. The van der Waals surface area contributed by atoms with E-state index in [-0.39, 0.29) is 22.1 Å². The summed E-state index contributed by atoms with van der Waals surface area (Å²) in [6.07, 6.45) is 1.37. The van der Waals surface area contributed by atoms with Gasteiger partial charge >= 0.3 is 0 Å². The van der Waals surface area contributed by atoms with Crippen LogP contribution >= 0.6 is 0 Å². The molecule has 29 heavy (non-hydrogen) atoms. The summed E-state index contributed by atoms with van der Waals surface area (Å²) in [4.78, 5) is 0.265. The fourth-order valence-electron chi connectivity index (χ4n) is 3.46. The van der Waals surface area contributed by atoms with Crippen LogP contribution in [0.2, 0.25) is 0 Å². The average molecular weight is 434 g/mol. The first-order valence-electron chi connectivity index (χ1n) is 9.03. The maximum absolute atomic E-state index is 13.2. The fraction of sp³-hybridized carbons (Fsp3) is 0.238. The number of hydrogen-bond donors (Lipinski definition) is 1. The normalized spacial score (nSPS) is 13.3. The molecule has 0 amide bonds. The second-order valence-corrected chi connectivity index (χ2v) is 10.8. The summed E-state index contributed by atoms with van der Waals surface area (Å²) >= 11 is 0. The van der Waals surface area contributed by atoms with Gasteiger partial charge in [0, 0.05) is 6.54 Å². The molecular weight excluding hydrogens is 410 g/mol. The van der Waals surface area contributed by atoms with Crippen LogP contribution in [-0.2, 0) is 19.9 Å². The van der Waals surface area contributed by atoms with Crippen molar-refractivity contribution in [3.05, 3.63) is 83.3 Å². The topological polar surface area (TPSA) is 93.4 Å². The molecule has 0 saturated heterocycles. The van der Waals surface area contributed by atoms with E-state index in [0.29, 0.717) is 11.1 Å². The highest BCUT2D eigenvalue weighted by Crippen LogP contribution is 2.30. The molecule has 3 aromatic rings. The van der Waals surface area contributed by atoms with E-state index in [1.54, 1.807) is 50.2 Å². The molecule has 1 aromatic heterocycles. The van der Waals surface area contributed by atoms with E-state index in [1.807, 2.05) is 6.92 Å². The predicted molar refractivity (Wildman–Crippen MR) is 111 cm³/mol. The Morgan fingerprint density at radius 3 is 2.07 bits per heavy atom. The molecule has 8 heteroatoms. The Labute approximate surface area is 171 Å². The van der Waals surface area contributed by atoms with Gasteiger partial charge in [-0.05, 0) is 56.2 Å². The van der Waals surface area contributed by atoms with Crippen LogP contribution in [0.15, 0.2) is 75.1 Å². The molecule has 0 aliphatic rings. The van der Waals surface area contributed by atoms with Gasteiger partial charge in [-0.15, -0.1) is 0 Å². The third-order valence-corrected chi connectivity index (χ3v) is 8.44. The van der Waals surface area contributed by atoms with Crippen molar-refractivity contribution in [1.82, 2.24) is 4.72 Å². The molecule has 2 aromatic carbocycles. The summed E-state index contributed by atoms with van der Waals surface area (Å²) in [5.41, 5.74) is 2.17. The van der Waals surface area contributed by atoms with Crippen LogP contribution in [0.5, 0.6) is 0 Å². The minimum Gasteiger partial charge on any atom is -0.468 e. The molecular formula is C21H23NO5S2. The smallest absolute Gasteiger partial charge is 0.241 e. The van der Waals surface area contributed by atoms with Gasteiger partial charge in [0.1, 0.15) is 11.0 Å². The Morgan fingerprint density at radius 1 is 0.897 bits per heavy atom. The molecule has 6 nitrogen and oxygen atoms in total. The number of nitrogens with one attached hydrogen (secondary N) is 1. The van der Waals surface area contributed by atoms with Gasteiger partial charge in [0.2, 0.25) is 10.0 Å². The minimum atomic E-state index is -3.92. The standard InChI is InChI=1S/C21H23NO5S2/c1-15-12-16(2)21(17(3)13-15)29(25,26)22-14-20(19-10-7-11-27-19)28(23,24)18-8-5-4-6-9-18/h4-13,20,22H,14H2,1-3H3/t20-/m0/s1. The third-order valence-electron chi connectivity index (χ3n) is 4.64. The van der Waals surface area contributed by atoms with Crippen molar-refractivity contribution in [3.8, 4) is 0 Å². The zero-order valence-electron chi connectivity index (χ0n) is 16.4. The van der Waals surface area contributed by atoms with Crippen LogP contribution in [-0.4, -0.2) is 23.4 Å². The van der Waals surface area contributed by atoms with E-state index in [2.05, 4.69) is 4.72 Å². The second-order valence-electron chi connectivity index (χ2n) is 6.94. The Bertz CT molecular complexity index is 1180. The summed E-state index contributed by atoms with van der Waals surface area (Å²) in [6, 6.07) is 14.6. The van der Waals surface area contributed by atoms with E-state index >= 15 is 0 Å². The molecule has 0 spiro atoms. The predicted octanol–water partition coefficient (Wildman–Crippen LogP) is 3.70. The highest BCUT2D eigenvalue weighted by atomic mass is 32.2. The molecule has 0 saturated carbocycles. The van der Waals surface area contributed by atoms with Gasteiger partial charge in [-0.2, -0.15) is 0 Å². The lowest BCUT2D eigenvalue weighted by atomic mass is 10.1. The van der Waals surface area contributed by atoms with E-state index in [1.165, 1.54) is 24.5 Å². The molecule has 0 bridgehead atoms. The third kappa shape index (κ3) is 4.44. The maximum Gasteiger partial charge on any atom is 0.241 e. The van der Waals surface area contributed by atoms with E-state index in [0.717, 1.165) is 5.56 Å². The van der Waals surface area contributed by atoms with Gasteiger partial charge in [0.15, 0.2) is 9.84 Å². The number of benzene rings is 2. The van der Waals surface area contributed by atoms with E-state index in [4.69, 9.17) is 4.42 Å². The Kier molecular flexibility index (Phi) is 5.97. The largest absolute Gasteiger partial charge is 0.468 e. The quantitative estimate of drug-likeness (QED) is 0.613. The number of rotatable bonds is 7. The highest BCUT2D eigenvalue weighted by Gasteiger charge is 2.33. The maximum atomic E-state index is 13.2. The number of hydrogen-bond acceptors (Lipinski definition) is 5. The molecule has 1 heterocycles. The number of aryl methyl sites for hydroxylation is 3. The summed E-state index contributed by atoms with van der Waals surface area (Å²) in [7, 11) is -7.80. The molecule has 154 valence electrons. The lowest BCUT2D eigenvalue weighted by Gasteiger charge is -2.18. The lowest BCUT2D eigenvalue weighted by Crippen LogP contribution is -2.32. The monoisotopic (exact) mass is 433 g/mol. The van der Waals surface area contributed by atoms with Crippen molar-refractivity contribution in [2.45, 2.75) is 35.8 Å². The van der Waals surface area contributed by atoms with Crippen molar-refractivity contribution < 1.29 is 21.3 Å². The fourth-order valence-corrected chi connectivity index (χ4v) is 6.67. The van der Waals surface area contributed by atoms with Crippen LogP contribution in [0, 0.1) is 20.8 Å². The molecule has 1 N–H and O–H groups in total. The van der Waals surface area contributed by atoms with Crippen LogP contribution < -0.4 is 4.72 Å². The first kappa shape index (κ1) is 21.3. The first-order chi connectivity index (χ1) is 13.6. The summed E-state index contributed by atoms with van der Waals surface area (Å²) in [6.45, 7) is 4.99. The number of furan rings is 1. The Balaban J connectivity index is 1.97. The summed E-state index contributed by atoms with van der Waals surface area (Å²) in [5, 5.41) is -1.19. The molecule has 0 unspecified atom stereocenters. The highest BCUT2D eigenvalue weighted by molar-refractivity contribution is 7.92. The molecule has 0 fully saturated rings. The number of sulfonamides is 1. The minimum absolute atomic E-state index is 0.100. The van der Waals surface area contributed by atoms with Gasteiger partial charge < -0.3 is 4.42 Å². The van der Waals surface area contributed by atoms with Crippen LogP contribution in [0.3, 0.4) is 0 Å². The van der Waals surface area contributed by atoms with Crippen molar-refractivity contribution in [2.24, 2.45) is 0 Å². The van der Waals surface area contributed by atoms with E-state index < -0.39 is 25.1 Å². The van der Waals surface area contributed by atoms with Gasteiger partial charge in [0.25, 0.3) is 0 Å². The molecule has 1 atom stereocenters. The average Bonchev–Trinajstić information content (AvgIpc) is 3.15. The van der Waals surface area contributed by atoms with Crippen LogP contribution in [0.25, 0.3) is 0 Å². The SMILES string of the molecule is Cc1cc(C)c(S(=O)(=O)NC[C@@H](c2ccco2)S(=O)(=O)c2ccccc2)c(C)c1. The van der Waals surface area contributed by atoms with Crippen molar-refractivity contribution in [2.75, 3.05) is 6.54 Å². The van der Waals surface area contributed by atoms with Gasteiger partial charge in [-0.1, -0.05) is 35.9 Å². The van der Waals surface area contributed by atoms with Crippen molar-refractivity contribution in [1.29, 1.82) is 0 Å². The first-order valence-corrected chi connectivity index (χ1v) is 12.1. The van der Waals surface area contributed by atoms with Gasteiger partial charge in [-0.3, -0.25) is 0 Å². The van der Waals surface area contributed by atoms with Crippen LogP contribution in [0.1, 0.15) is 27.7 Å². The molecule has 3 rings (SSSR count). The van der Waals surface area contributed by atoms with Crippen molar-refractivity contribution in [3.63, 3.8) is 0 Å². The van der Waals surface area contributed by atoms with Gasteiger partial charge in [-0.25, -0.2) is 21.6 Å². The summed E-state index contributed by atoms with van der Waals surface area (Å²) in [5.74, 6) is 0.175. The Morgan fingerprint density at radius 2 is 1.52 bits per heavy atom. The Hall–Kier alpha value is -2.42. The lowest BCUT2D eigenvalue weighted by molar-refractivity contribution is 0.486. The van der Waals surface area contributed by atoms with Crippen molar-refractivity contribution >= 4 is 19.9 Å². The molecule has 0 radical (unpaired) electrons. The molecule has 0 aliphatic heterocycles. The zero-order chi connectivity index (χ0) is 21.2. The molecule has 0 aliphatic carbocycles. The summed E-state index contributed by atoms with van der Waals surface area (Å²) < 4.78 is 60.1.